The van der Waals surface area contributed by atoms with Gasteiger partial charge in [0.1, 0.15) is 4.90 Å². The fraction of sp³-hybridized carbons (Fsp3) is 0.571. The van der Waals surface area contributed by atoms with Crippen molar-refractivity contribution in [1.82, 2.24) is 14.9 Å². The van der Waals surface area contributed by atoms with Crippen LogP contribution in [0.15, 0.2) is 23.1 Å². The van der Waals surface area contributed by atoms with Gasteiger partial charge in [0.25, 0.3) is 0 Å². The van der Waals surface area contributed by atoms with Crippen LogP contribution in [0.25, 0.3) is 0 Å². The van der Waals surface area contributed by atoms with Gasteiger partial charge in [-0.3, -0.25) is 0 Å². The Kier molecular flexibility index (Phi) is 5.62. The second-order valence-corrected chi connectivity index (χ2v) is 7.76. The number of hydrogen-bond donors (Lipinski definition) is 2. The van der Waals surface area contributed by atoms with Gasteiger partial charge in [0, 0.05) is 25.7 Å². The maximum absolute atomic E-state index is 12.3. The molecule has 0 spiro atoms. The van der Waals surface area contributed by atoms with E-state index in [1.54, 1.807) is 12.1 Å². The number of hydrogen-bond acceptors (Lipinski definition) is 4. The summed E-state index contributed by atoms with van der Waals surface area (Å²) in [6, 6.07) is 5.73. The summed E-state index contributed by atoms with van der Waals surface area (Å²) in [6.45, 7) is 1.66. The number of nitrogens with one attached hydrogen (secondary N) is 2. The molecule has 2 N–H and O–H groups in total. The van der Waals surface area contributed by atoms with Crippen LogP contribution in [0.4, 0.5) is 0 Å². The van der Waals surface area contributed by atoms with Crippen molar-refractivity contribution in [1.29, 1.82) is 0 Å². The van der Waals surface area contributed by atoms with Crippen LogP contribution in [-0.2, 0) is 16.6 Å². The lowest BCUT2D eigenvalue weighted by atomic mass is 10.2. The molecular formula is C14H22ClN3O2S. The summed E-state index contributed by atoms with van der Waals surface area (Å²) >= 11 is 6.05. The van der Waals surface area contributed by atoms with E-state index in [0.29, 0.717) is 25.7 Å². The molecule has 0 unspecified atom stereocenters. The summed E-state index contributed by atoms with van der Waals surface area (Å²) in [4.78, 5) is 2.07. The molecule has 2 rings (SSSR count). The summed E-state index contributed by atoms with van der Waals surface area (Å²) in [7, 11) is 0.220. The number of sulfonamides is 1. The predicted molar refractivity (Wildman–Crippen MR) is 85.1 cm³/mol. The van der Waals surface area contributed by atoms with Gasteiger partial charge in [-0.05, 0) is 44.6 Å². The van der Waals surface area contributed by atoms with E-state index in [4.69, 9.17) is 11.6 Å². The SMILES string of the molecule is CN(C)CCNS(=O)(=O)c1cc(CNC2CC2)ccc1Cl. The topological polar surface area (TPSA) is 61.4 Å². The van der Waals surface area contributed by atoms with Crippen LogP contribution in [0.1, 0.15) is 18.4 Å². The van der Waals surface area contributed by atoms with Crippen LogP contribution in [0, 0.1) is 0 Å². The van der Waals surface area contributed by atoms with Gasteiger partial charge < -0.3 is 10.2 Å². The highest BCUT2D eigenvalue weighted by Gasteiger charge is 2.21. The number of benzene rings is 1. The largest absolute Gasteiger partial charge is 0.310 e. The zero-order valence-electron chi connectivity index (χ0n) is 12.4. The maximum atomic E-state index is 12.3. The minimum atomic E-state index is -3.57. The van der Waals surface area contributed by atoms with Gasteiger partial charge in [0.2, 0.25) is 10.0 Å². The Morgan fingerprint density at radius 1 is 1.33 bits per heavy atom. The van der Waals surface area contributed by atoms with Gasteiger partial charge in [-0.15, -0.1) is 0 Å². The second-order valence-electron chi connectivity index (χ2n) is 5.62. The van der Waals surface area contributed by atoms with E-state index in [9.17, 15) is 8.42 Å². The van der Waals surface area contributed by atoms with Gasteiger partial charge in [0.05, 0.1) is 5.02 Å². The molecule has 1 aliphatic rings. The van der Waals surface area contributed by atoms with Crippen molar-refractivity contribution in [3.63, 3.8) is 0 Å². The normalized spacial score (nSPS) is 15.6. The van der Waals surface area contributed by atoms with Gasteiger partial charge in [-0.25, -0.2) is 13.1 Å². The lowest BCUT2D eigenvalue weighted by molar-refractivity contribution is 0.412. The van der Waals surface area contributed by atoms with Crippen LogP contribution < -0.4 is 10.0 Å². The molecule has 0 atom stereocenters. The smallest absolute Gasteiger partial charge is 0.242 e. The summed E-state index contributed by atoms with van der Waals surface area (Å²) in [5.74, 6) is 0. The Morgan fingerprint density at radius 2 is 2.05 bits per heavy atom. The Bertz CT molecular complexity index is 586. The highest BCUT2D eigenvalue weighted by Crippen LogP contribution is 2.24. The van der Waals surface area contributed by atoms with E-state index in [2.05, 4.69) is 10.0 Å². The molecule has 0 aliphatic heterocycles. The third-order valence-corrected chi connectivity index (χ3v) is 5.25. The lowest BCUT2D eigenvalue weighted by Gasteiger charge is -2.13. The first-order valence-corrected chi connectivity index (χ1v) is 8.91. The van der Waals surface area contributed by atoms with Crippen LogP contribution in [0.2, 0.25) is 5.02 Å². The molecule has 0 aromatic heterocycles. The van der Waals surface area contributed by atoms with Gasteiger partial charge >= 0.3 is 0 Å². The van der Waals surface area contributed by atoms with Gasteiger partial charge in [-0.1, -0.05) is 17.7 Å². The molecule has 0 bridgehead atoms. The number of halogens is 1. The Morgan fingerprint density at radius 3 is 2.67 bits per heavy atom. The number of likely N-dealkylation sites (N-methyl/N-ethyl adjacent to an activating group) is 1. The van der Waals surface area contributed by atoms with Crippen molar-refractivity contribution in [2.45, 2.75) is 30.3 Å². The van der Waals surface area contributed by atoms with E-state index < -0.39 is 10.0 Å². The Labute approximate surface area is 131 Å². The molecule has 1 aliphatic carbocycles. The molecule has 0 amide bonds. The highest BCUT2D eigenvalue weighted by atomic mass is 35.5. The van der Waals surface area contributed by atoms with Crippen LogP contribution in [0.5, 0.6) is 0 Å². The first kappa shape index (κ1) is 16.7. The number of nitrogens with zero attached hydrogens (tertiary/aromatic N) is 1. The average Bonchev–Trinajstić information content (AvgIpc) is 3.21. The van der Waals surface area contributed by atoms with Crippen molar-refractivity contribution < 1.29 is 8.42 Å². The van der Waals surface area contributed by atoms with E-state index in [0.717, 1.165) is 5.56 Å². The van der Waals surface area contributed by atoms with E-state index in [1.165, 1.54) is 12.8 Å². The average molecular weight is 332 g/mol. The summed E-state index contributed by atoms with van der Waals surface area (Å²) in [5.41, 5.74) is 0.930. The molecule has 1 aromatic rings. The van der Waals surface area contributed by atoms with Gasteiger partial charge in [-0.2, -0.15) is 0 Å². The first-order valence-electron chi connectivity index (χ1n) is 7.05. The summed E-state index contributed by atoms with van der Waals surface area (Å²) in [6.07, 6.45) is 2.40. The van der Waals surface area contributed by atoms with Crippen LogP contribution in [0.3, 0.4) is 0 Å². The van der Waals surface area contributed by atoms with Crippen molar-refractivity contribution in [2.75, 3.05) is 27.2 Å². The van der Waals surface area contributed by atoms with Crippen molar-refractivity contribution in [2.24, 2.45) is 0 Å². The lowest BCUT2D eigenvalue weighted by Crippen LogP contribution is -2.31. The van der Waals surface area contributed by atoms with Crippen molar-refractivity contribution >= 4 is 21.6 Å². The molecule has 1 fully saturated rings. The molecule has 0 heterocycles. The quantitative estimate of drug-likeness (QED) is 0.756. The van der Waals surface area contributed by atoms with Gasteiger partial charge in [0.15, 0.2) is 0 Å². The minimum Gasteiger partial charge on any atom is -0.310 e. The standard InChI is InChI=1S/C14H22ClN3O2S/c1-18(2)8-7-17-21(19,20)14-9-11(3-6-13(14)15)10-16-12-4-5-12/h3,6,9,12,16-17H,4-5,7-8,10H2,1-2H3. The molecule has 7 heteroatoms. The molecular weight excluding hydrogens is 310 g/mol. The van der Waals surface area contributed by atoms with Crippen molar-refractivity contribution in [3.05, 3.63) is 28.8 Å². The van der Waals surface area contributed by atoms with E-state index >= 15 is 0 Å². The summed E-state index contributed by atoms with van der Waals surface area (Å²) < 4.78 is 27.2. The maximum Gasteiger partial charge on any atom is 0.242 e. The van der Waals surface area contributed by atoms with Crippen molar-refractivity contribution in [3.8, 4) is 0 Å². The zero-order valence-corrected chi connectivity index (χ0v) is 14.0. The first-order chi connectivity index (χ1) is 9.88. The van der Waals surface area contributed by atoms with Crippen LogP contribution in [-0.4, -0.2) is 46.5 Å². The third-order valence-electron chi connectivity index (χ3n) is 3.31. The number of rotatable bonds is 8. The molecule has 5 nitrogen and oxygen atoms in total. The second kappa shape index (κ2) is 7.07. The highest BCUT2D eigenvalue weighted by molar-refractivity contribution is 7.89. The third kappa shape index (κ3) is 5.23. The predicted octanol–water partition coefficient (Wildman–Crippen LogP) is 1.43. The minimum absolute atomic E-state index is 0.151. The van der Waals surface area contributed by atoms with Crippen LogP contribution >= 0.6 is 11.6 Å². The Balaban J connectivity index is 2.06. The molecule has 1 saturated carbocycles. The molecule has 118 valence electrons. The zero-order chi connectivity index (χ0) is 15.5. The fourth-order valence-corrected chi connectivity index (χ4v) is 3.46. The van der Waals surface area contributed by atoms with E-state index in [1.807, 2.05) is 25.1 Å². The summed E-state index contributed by atoms with van der Waals surface area (Å²) in [5, 5.41) is 3.62. The molecule has 21 heavy (non-hydrogen) atoms. The van der Waals surface area contributed by atoms with E-state index in [-0.39, 0.29) is 9.92 Å². The molecule has 0 saturated heterocycles. The Hall–Kier alpha value is -0.660. The molecule has 0 radical (unpaired) electrons. The monoisotopic (exact) mass is 331 g/mol. The molecule has 1 aromatic carbocycles. The fourth-order valence-electron chi connectivity index (χ4n) is 1.89.